The highest BCUT2D eigenvalue weighted by atomic mass is 16.2. The van der Waals surface area contributed by atoms with Gasteiger partial charge in [0.05, 0.1) is 28.6 Å². The van der Waals surface area contributed by atoms with Crippen LogP contribution in [0, 0.1) is 6.92 Å². The molecule has 1 aliphatic rings. The normalized spacial score (nSPS) is 12.7. The van der Waals surface area contributed by atoms with Gasteiger partial charge in [0.2, 0.25) is 5.91 Å². The van der Waals surface area contributed by atoms with Crippen LogP contribution in [0.25, 0.3) is 10.9 Å². The van der Waals surface area contributed by atoms with E-state index in [9.17, 15) is 9.59 Å². The third kappa shape index (κ3) is 3.64. The molecule has 1 aromatic heterocycles. The predicted octanol–water partition coefficient (Wildman–Crippen LogP) is 4.43. The second-order valence-electron chi connectivity index (χ2n) is 8.06. The highest BCUT2D eigenvalue weighted by Gasteiger charge is 2.22. The first-order chi connectivity index (χ1) is 15.6. The summed E-state index contributed by atoms with van der Waals surface area (Å²) in [6.07, 6.45) is 2.69. The summed E-state index contributed by atoms with van der Waals surface area (Å²) in [6.45, 7) is 3.09. The van der Waals surface area contributed by atoms with Gasteiger partial charge in [0.1, 0.15) is 0 Å². The number of para-hydroxylation sites is 4. The Kier molecular flexibility index (Phi) is 5.19. The van der Waals surface area contributed by atoms with Crippen molar-refractivity contribution in [3.63, 3.8) is 0 Å². The topological polar surface area (TPSA) is 67.2 Å². The Bertz CT molecular complexity index is 1380. The summed E-state index contributed by atoms with van der Waals surface area (Å²) in [5.74, 6) is -0.138. The fourth-order valence-corrected chi connectivity index (χ4v) is 4.33. The average Bonchev–Trinajstić information content (AvgIpc) is 3.24. The molecule has 160 valence electrons. The third-order valence-corrected chi connectivity index (χ3v) is 5.99. The minimum atomic E-state index is -0.138. The molecule has 6 nitrogen and oxygen atoms in total. The van der Waals surface area contributed by atoms with Crippen LogP contribution in [0.1, 0.15) is 17.5 Å². The predicted molar refractivity (Wildman–Crippen MR) is 128 cm³/mol. The van der Waals surface area contributed by atoms with Gasteiger partial charge in [-0.15, -0.1) is 0 Å². The van der Waals surface area contributed by atoms with Crippen molar-refractivity contribution in [3.05, 3.63) is 94.5 Å². The summed E-state index contributed by atoms with van der Waals surface area (Å²) in [4.78, 5) is 32.2. The first-order valence-corrected chi connectivity index (χ1v) is 10.8. The highest BCUT2D eigenvalue weighted by Crippen LogP contribution is 2.38. The van der Waals surface area contributed by atoms with Gasteiger partial charge in [-0.1, -0.05) is 42.5 Å². The van der Waals surface area contributed by atoms with Crippen LogP contribution in [0.2, 0.25) is 0 Å². The highest BCUT2D eigenvalue weighted by molar-refractivity contribution is 5.95. The van der Waals surface area contributed by atoms with Crippen molar-refractivity contribution >= 4 is 33.9 Å². The van der Waals surface area contributed by atoms with Crippen molar-refractivity contribution in [2.45, 2.75) is 26.3 Å². The SMILES string of the molecule is Cc1cccc2c(=O)n(CCC(=O)Nc3ccccc3N3CCc4ccccc43)cnc12. The van der Waals surface area contributed by atoms with Crippen LogP contribution in [0.15, 0.2) is 77.9 Å². The molecule has 0 spiro atoms. The number of rotatable bonds is 5. The van der Waals surface area contributed by atoms with Crippen LogP contribution >= 0.6 is 0 Å². The number of hydrogen-bond donors (Lipinski definition) is 1. The van der Waals surface area contributed by atoms with Gasteiger partial charge in [0.15, 0.2) is 0 Å². The van der Waals surface area contributed by atoms with E-state index in [-0.39, 0.29) is 24.4 Å². The molecular formula is C26H24N4O2. The monoisotopic (exact) mass is 424 g/mol. The number of nitrogens with zero attached hydrogens (tertiary/aromatic N) is 3. The van der Waals surface area contributed by atoms with Gasteiger partial charge >= 0.3 is 0 Å². The van der Waals surface area contributed by atoms with E-state index < -0.39 is 0 Å². The zero-order chi connectivity index (χ0) is 22.1. The molecule has 1 aliphatic heterocycles. The first kappa shape index (κ1) is 20.0. The van der Waals surface area contributed by atoms with E-state index in [0.29, 0.717) is 10.9 Å². The molecule has 0 aliphatic carbocycles. The van der Waals surface area contributed by atoms with Crippen molar-refractivity contribution in [1.82, 2.24) is 9.55 Å². The van der Waals surface area contributed by atoms with Crippen molar-refractivity contribution in [3.8, 4) is 0 Å². The molecule has 0 unspecified atom stereocenters. The molecule has 0 atom stereocenters. The van der Waals surface area contributed by atoms with Crippen LogP contribution in [-0.4, -0.2) is 22.0 Å². The van der Waals surface area contributed by atoms with Crippen molar-refractivity contribution in [2.75, 3.05) is 16.8 Å². The zero-order valence-corrected chi connectivity index (χ0v) is 17.9. The Morgan fingerprint density at radius 1 is 1.00 bits per heavy atom. The molecule has 0 bridgehead atoms. The van der Waals surface area contributed by atoms with Gasteiger partial charge in [-0.2, -0.15) is 0 Å². The summed E-state index contributed by atoms with van der Waals surface area (Å²) in [7, 11) is 0. The van der Waals surface area contributed by atoms with Gasteiger partial charge in [-0.05, 0) is 48.7 Å². The fraction of sp³-hybridized carbons (Fsp3) is 0.192. The number of nitrogens with one attached hydrogen (secondary N) is 1. The smallest absolute Gasteiger partial charge is 0.261 e. The van der Waals surface area contributed by atoms with Crippen LogP contribution < -0.4 is 15.8 Å². The zero-order valence-electron chi connectivity index (χ0n) is 17.9. The number of anilines is 3. The van der Waals surface area contributed by atoms with Gasteiger partial charge < -0.3 is 10.2 Å². The molecule has 0 saturated heterocycles. The van der Waals surface area contributed by atoms with Gasteiger partial charge in [0, 0.05) is 25.2 Å². The van der Waals surface area contributed by atoms with Crippen molar-refractivity contribution in [1.29, 1.82) is 0 Å². The van der Waals surface area contributed by atoms with Crippen LogP contribution in [0.3, 0.4) is 0 Å². The number of aryl methyl sites for hydroxylation is 2. The summed E-state index contributed by atoms with van der Waals surface area (Å²) >= 11 is 0. The molecule has 2 heterocycles. The van der Waals surface area contributed by atoms with Crippen molar-refractivity contribution in [2.24, 2.45) is 0 Å². The molecule has 0 fully saturated rings. The Balaban J connectivity index is 1.33. The Morgan fingerprint density at radius 2 is 1.78 bits per heavy atom. The van der Waals surface area contributed by atoms with Gasteiger partial charge in [-0.25, -0.2) is 4.98 Å². The van der Waals surface area contributed by atoms with Gasteiger partial charge in [-0.3, -0.25) is 14.2 Å². The average molecular weight is 425 g/mol. The standard InChI is InChI=1S/C26H24N4O2/c1-18-7-6-9-20-25(18)27-17-29(26(20)32)15-14-24(31)28-21-10-3-5-12-23(21)30-16-13-19-8-2-4-11-22(19)30/h2-12,17H,13-16H2,1H3,(H,28,31). The molecule has 4 aromatic rings. The number of aromatic nitrogens is 2. The van der Waals surface area contributed by atoms with E-state index in [0.717, 1.165) is 29.9 Å². The molecule has 5 rings (SSSR count). The number of carbonyl (C=O) groups is 1. The van der Waals surface area contributed by atoms with Crippen LogP contribution in [-0.2, 0) is 17.8 Å². The molecule has 0 saturated carbocycles. The maximum absolute atomic E-state index is 12.8. The summed E-state index contributed by atoms with van der Waals surface area (Å²) in [6, 6.07) is 21.8. The molecule has 1 amide bonds. The summed E-state index contributed by atoms with van der Waals surface area (Å²) in [5, 5.41) is 3.61. The lowest BCUT2D eigenvalue weighted by Gasteiger charge is -2.23. The van der Waals surface area contributed by atoms with Crippen LogP contribution in [0.4, 0.5) is 17.1 Å². The molecule has 6 heteroatoms. The maximum Gasteiger partial charge on any atom is 0.261 e. The Morgan fingerprint density at radius 3 is 2.66 bits per heavy atom. The number of amides is 1. The lowest BCUT2D eigenvalue weighted by atomic mass is 10.1. The molecule has 0 radical (unpaired) electrons. The second kappa shape index (κ2) is 8.30. The maximum atomic E-state index is 12.8. The van der Waals surface area contributed by atoms with E-state index in [4.69, 9.17) is 0 Å². The largest absolute Gasteiger partial charge is 0.339 e. The van der Waals surface area contributed by atoms with E-state index >= 15 is 0 Å². The third-order valence-electron chi connectivity index (χ3n) is 5.99. The number of carbonyl (C=O) groups excluding carboxylic acids is 1. The Hall–Kier alpha value is -3.93. The minimum absolute atomic E-state index is 0.124. The Labute approximate surface area is 186 Å². The number of benzene rings is 3. The quantitative estimate of drug-likeness (QED) is 0.515. The van der Waals surface area contributed by atoms with E-state index in [1.807, 2.05) is 49.4 Å². The van der Waals surface area contributed by atoms with Crippen molar-refractivity contribution < 1.29 is 4.79 Å². The second-order valence-corrected chi connectivity index (χ2v) is 8.06. The molecule has 3 aromatic carbocycles. The minimum Gasteiger partial charge on any atom is -0.339 e. The van der Waals surface area contributed by atoms with Crippen LogP contribution in [0.5, 0.6) is 0 Å². The lowest BCUT2D eigenvalue weighted by Crippen LogP contribution is -2.24. The first-order valence-electron chi connectivity index (χ1n) is 10.8. The molecule has 32 heavy (non-hydrogen) atoms. The number of fused-ring (bicyclic) bond motifs is 2. The molecular weight excluding hydrogens is 400 g/mol. The van der Waals surface area contributed by atoms with E-state index in [1.54, 1.807) is 6.07 Å². The molecule has 1 N–H and O–H groups in total. The number of hydrogen-bond acceptors (Lipinski definition) is 4. The summed E-state index contributed by atoms with van der Waals surface area (Å²) in [5.41, 5.74) is 5.79. The van der Waals surface area contributed by atoms with E-state index in [1.165, 1.54) is 22.1 Å². The lowest BCUT2D eigenvalue weighted by molar-refractivity contribution is -0.116. The fourth-order valence-electron chi connectivity index (χ4n) is 4.33. The summed E-state index contributed by atoms with van der Waals surface area (Å²) < 4.78 is 1.50. The van der Waals surface area contributed by atoms with E-state index in [2.05, 4.69) is 33.4 Å². The van der Waals surface area contributed by atoms with Gasteiger partial charge in [0.25, 0.3) is 5.56 Å².